The van der Waals surface area contributed by atoms with Crippen LogP contribution in [0, 0.1) is 5.92 Å². The fourth-order valence-electron chi connectivity index (χ4n) is 6.53. The van der Waals surface area contributed by atoms with E-state index in [0.717, 1.165) is 40.7 Å². The topological polar surface area (TPSA) is 122 Å². The number of piperidine rings is 1. The Bertz CT molecular complexity index is 1430. The highest BCUT2D eigenvalue weighted by molar-refractivity contribution is 5.91. The summed E-state index contributed by atoms with van der Waals surface area (Å²) in [6, 6.07) is 15.2. The Balaban J connectivity index is 1.15. The first kappa shape index (κ1) is 33.5. The first-order valence-corrected chi connectivity index (χ1v) is 16.8. The third-order valence-corrected chi connectivity index (χ3v) is 9.02. The van der Waals surface area contributed by atoms with Crippen molar-refractivity contribution in [2.75, 3.05) is 46.0 Å². The summed E-state index contributed by atoms with van der Waals surface area (Å²) < 4.78 is 13.8. The number of nitrogens with zero attached hydrogens (tertiary/aromatic N) is 2. The van der Waals surface area contributed by atoms with Crippen LogP contribution in [0.4, 0.5) is 0 Å². The molecule has 2 amide bonds. The molecular formula is C36H48N4O6. The number of nitrogens with one attached hydrogen (secondary N) is 2. The zero-order valence-corrected chi connectivity index (χ0v) is 26.8. The molecule has 2 aliphatic heterocycles. The minimum Gasteiger partial charge on any atom is -0.494 e. The van der Waals surface area contributed by atoms with E-state index in [2.05, 4.69) is 20.1 Å². The number of aromatic nitrogens is 1. The average molecular weight is 633 g/mol. The van der Waals surface area contributed by atoms with Gasteiger partial charge in [-0.3, -0.25) is 14.4 Å². The molecule has 46 heavy (non-hydrogen) atoms. The number of aliphatic carboxylic acids is 1. The van der Waals surface area contributed by atoms with Crippen LogP contribution in [0.5, 0.6) is 5.75 Å². The fraction of sp³-hybridized carbons (Fsp3) is 0.528. The van der Waals surface area contributed by atoms with Crippen LogP contribution in [-0.4, -0.2) is 84.4 Å². The summed E-state index contributed by atoms with van der Waals surface area (Å²) in [6.07, 6.45) is 8.72. The second kappa shape index (κ2) is 17.1. The molecule has 2 atom stereocenters. The van der Waals surface area contributed by atoms with E-state index >= 15 is 0 Å². The quantitative estimate of drug-likeness (QED) is 0.242. The molecule has 3 aromatic rings. The summed E-state index contributed by atoms with van der Waals surface area (Å²) in [6.45, 7) is 6.07. The van der Waals surface area contributed by atoms with Crippen LogP contribution < -0.4 is 15.4 Å². The monoisotopic (exact) mass is 632 g/mol. The number of ether oxygens (including phenoxy) is 2. The average Bonchev–Trinajstić information content (AvgIpc) is 3.41. The largest absolute Gasteiger partial charge is 0.494 e. The zero-order chi connectivity index (χ0) is 32.1. The molecule has 10 nitrogen and oxygen atoms in total. The normalized spacial score (nSPS) is 18.6. The Hall–Kier alpha value is -3.89. The summed E-state index contributed by atoms with van der Waals surface area (Å²) in [5.74, 6) is -1.67. The zero-order valence-electron chi connectivity index (χ0n) is 26.8. The van der Waals surface area contributed by atoms with Crippen LogP contribution in [0.2, 0.25) is 0 Å². The first-order chi connectivity index (χ1) is 22.5. The Morgan fingerprint density at radius 1 is 1.02 bits per heavy atom. The second-order valence-corrected chi connectivity index (χ2v) is 12.5. The molecule has 3 heterocycles. The number of fused-ring (bicyclic) bond motifs is 5. The van der Waals surface area contributed by atoms with Crippen molar-refractivity contribution < 1.29 is 29.0 Å². The Labute approximate surface area is 271 Å². The number of aryl methyl sites for hydroxylation is 1. The number of carboxylic acids is 1. The minimum absolute atomic E-state index is 0.294. The third kappa shape index (κ3) is 9.80. The number of hydrogen-bond donors (Lipinski definition) is 3. The highest BCUT2D eigenvalue weighted by Crippen LogP contribution is 2.24. The number of carboxylic acid groups (broad SMARTS) is 1. The fourth-order valence-corrected chi connectivity index (χ4v) is 6.53. The standard InChI is InChI=1S/C36H48N4O6/c41-34(42)25-28(9-6-8-27-12-14-30(15-13-27)46-21-7-19-39-17-4-1-5-18-39)35(43)38-32-24-29-26-40(33-11-3-2-10-31(29)33)20-23-45-22-16-37-36(32)44/h2-3,10-15,26,28,32H,1,4-9,16-25H2,(H,37,44)(H,38,43)(H,41,42)/t28-,32+/m1/s1. The lowest BCUT2D eigenvalue weighted by Crippen LogP contribution is -2.50. The number of amides is 2. The maximum atomic E-state index is 13.5. The van der Waals surface area contributed by atoms with Gasteiger partial charge in [0.1, 0.15) is 11.8 Å². The molecule has 10 heteroatoms. The number of carbonyl (C=O) groups is 3. The lowest BCUT2D eigenvalue weighted by atomic mass is 9.94. The van der Waals surface area contributed by atoms with Gasteiger partial charge in [-0.2, -0.15) is 0 Å². The molecule has 1 fully saturated rings. The summed E-state index contributed by atoms with van der Waals surface area (Å²) in [5, 5.41) is 16.4. The Morgan fingerprint density at radius 2 is 1.83 bits per heavy atom. The molecule has 1 aromatic heterocycles. The summed E-state index contributed by atoms with van der Waals surface area (Å²) >= 11 is 0. The van der Waals surface area contributed by atoms with Gasteiger partial charge in [-0.25, -0.2) is 0 Å². The van der Waals surface area contributed by atoms with Gasteiger partial charge >= 0.3 is 5.97 Å². The van der Waals surface area contributed by atoms with Crippen LogP contribution in [0.25, 0.3) is 10.9 Å². The third-order valence-electron chi connectivity index (χ3n) is 9.02. The number of para-hydroxylation sites is 1. The SMILES string of the molecule is O=C(O)C[C@@H](CCCc1ccc(OCCCN2CCCCC2)cc1)C(=O)N[C@H]1Cc2cn(c3ccccc23)CCOCCNC1=O. The van der Waals surface area contributed by atoms with Crippen molar-refractivity contribution in [2.45, 2.75) is 70.4 Å². The Kier molecular flexibility index (Phi) is 12.5. The molecule has 0 saturated carbocycles. The van der Waals surface area contributed by atoms with Gasteiger partial charge in [0.05, 0.1) is 26.2 Å². The summed E-state index contributed by atoms with van der Waals surface area (Å²) in [7, 11) is 0. The molecule has 1 saturated heterocycles. The lowest BCUT2D eigenvalue weighted by molar-refractivity contribution is -0.141. The van der Waals surface area contributed by atoms with Gasteiger partial charge in [0.15, 0.2) is 0 Å². The molecule has 2 aromatic carbocycles. The van der Waals surface area contributed by atoms with Gasteiger partial charge in [-0.1, -0.05) is 36.8 Å². The molecule has 0 radical (unpaired) electrons. The van der Waals surface area contributed by atoms with Crippen LogP contribution in [0.1, 0.15) is 56.1 Å². The van der Waals surface area contributed by atoms with Crippen LogP contribution in [-0.2, 0) is 38.5 Å². The Morgan fingerprint density at radius 3 is 2.63 bits per heavy atom. The van der Waals surface area contributed by atoms with E-state index in [0.29, 0.717) is 58.6 Å². The van der Waals surface area contributed by atoms with E-state index in [1.807, 2.05) is 54.7 Å². The van der Waals surface area contributed by atoms with Gasteiger partial charge in [-0.05, 0) is 80.9 Å². The molecule has 5 rings (SSSR count). The van der Waals surface area contributed by atoms with E-state index in [-0.39, 0.29) is 12.3 Å². The van der Waals surface area contributed by atoms with Gasteiger partial charge < -0.3 is 34.7 Å². The molecule has 2 aliphatic rings. The maximum Gasteiger partial charge on any atom is 0.304 e. The second-order valence-electron chi connectivity index (χ2n) is 12.5. The molecule has 0 aliphatic carbocycles. The van der Waals surface area contributed by atoms with Crippen LogP contribution in [0.3, 0.4) is 0 Å². The molecule has 3 N–H and O–H groups in total. The van der Waals surface area contributed by atoms with Crippen molar-refractivity contribution in [3.63, 3.8) is 0 Å². The van der Waals surface area contributed by atoms with Crippen LogP contribution in [0.15, 0.2) is 54.7 Å². The van der Waals surface area contributed by atoms with Crippen molar-refractivity contribution >= 4 is 28.7 Å². The van der Waals surface area contributed by atoms with E-state index in [1.54, 1.807) is 0 Å². The number of likely N-dealkylation sites (tertiary alicyclic amines) is 1. The number of hydrogen-bond acceptors (Lipinski definition) is 6. The first-order valence-electron chi connectivity index (χ1n) is 16.8. The molecule has 248 valence electrons. The number of carbonyl (C=O) groups excluding carboxylic acids is 2. The van der Waals surface area contributed by atoms with Gasteiger partial charge in [0.2, 0.25) is 11.8 Å². The number of rotatable bonds is 13. The van der Waals surface area contributed by atoms with Crippen LogP contribution >= 0.6 is 0 Å². The molecule has 2 bridgehead atoms. The molecular weight excluding hydrogens is 584 g/mol. The van der Waals surface area contributed by atoms with Crippen molar-refractivity contribution in [3.8, 4) is 5.75 Å². The van der Waals surface area contributed by atoms with Gasteiger partial charge in [-0.15, -0.1) is 0 Å². The van der Waals surface area contributed by atoms with Gasteiger partial charge in [0.25, 0.3) is 0 Å². The van der Waals surface area contributed by atoms with Crippen molar-refractivity contribution in [1.29, 1.82) is 0 Å². The maximum absolute atomic E-state index is 13.5. The molecule has 0 unspecified atom stereocenters. The van der Waals surface area contributed by atoms with E-state index in [4.69, 9.17) is 9.47 Å². The lowest BCUT2D eigenvalue weighted by Gasteiger charge is -2.26. The predicted molar refractivity (Wildman–Crippen MR) is 177 cm³/mol. The van der Waals surface area contributed by atoms with Crippen molar-refractivity contribution in [1.82, 2.24) is 20.1 Å². The van der Waals surface area contributed by atoms with Crippen molar-refractivity contribution in [2.24, 2.45) is 5.92 Å². The number of benzene rings is 2. The summed E-state index contributed by atoms with van der Waals surface area (Å²) in [4.78, 5) is 41.0. The highest BCUT2D eigenvalue weighted by atomic mass is 16.5. The van der Waals surface area contributed by atoms with E-state index in [1.165, 1.54) is 32.4 Å². The minimum atomic E-state index is -1.04. The predicted octanol–water partition coefficient (Wildman–Crippen LogP) is 4.18. The molecule has 0 spiro atoms. The highest BCUT2D eigenvalue weighted by Gasteiger charge is 2.28. The van der Waals surface area contributed by atoms with E-state index < -0.39 is 23.8 Å². The summed E-state index contributed by atoms with van der Waals surface area (Å²) in [5.41, 5.74) is 3.09. The smallest absolute Gasteiger partial charge is 0.304 e. The van der Waals surface area contributed by atoms with Gasteiger partial charge in [0, 0.05) is 49.1 Å². The van der Waals surface area contributed by atoms with Crippen molar-refractivity contribution in [3.05, 3.63) is 65.9 Å². The van der Waals surface area contributed by atoms with E-state index in [9.17, 15) is 19.5 Å².